The first-order valence-corrected chi connectivity index (χ1v) is 16.5. The second kappa shape index (κ2) is 15.3. The van der Waals surface area contributed by atoms with E-state index in [1.807, 2.05) is 30.3 Å². The molecule has 0 bridgehead atoms. The van der Waals surface area contributed by atoms with Gasteiger partial charge in [-0.25, -0.2) is 0 Å². The molecule has 8 nitrogen and oxygen atoms in total. The lowest BCUT2D eigenvalue weighted by Gasteiger charge is -2.40. The molecule has 1 fully saturated rings. The van der Waals surface area contributed by atoms with E-state index in [4.69, 9.17) is 10.5 Å². The van der Waals surface area contributed by atoms with Gasteiger partial charge in [-0.2, -0.15) is 44.3 Å². The van der Waals surface area contributed by atoms with Gasteiger partial charge < -0.3 is 20.3 Å². The van der Waals surface area contributed by atoms with Gasteiger partial charge in [-0.05, 0) is 72.9 Å². The van der Waals surface area contributed by atoms with Crippen LogP contribution in [0.25, 0.3) is 0 Å². The highest BCUT2D eigenvalue weighted by Gasteiger charge is 2.52. The van der Waals surface area contributed by atoms with Crippen molar-refractivity contribution in [2.24, 2.45) is 23.5 Å². The smallest absolute Gasteiger partial charge is 0.375 e. The minimum atomic E-state index is -4.83. The van der Waals surface area contributed by atoms with Crippen molar-refractivity contribution >= 4 is 11.6 Å². The molecule has 0 radical (unpaired) electrons. The Morgan fingerprint density at radius 1 is 0.920 bits per heavy atom. The predicted molar refractivity (Wildman–Crippen MR) is 167 cm³/mol. The number of halogens is 9. The van der Waals surface area contributed by atoms with E-state index in [9.17, 15) is 39.5 Å². The fourth-order valence-electron chi connectivity index (χ4n) is 7.12. The average molecular weight is 722 g/mol. The molecule has 2 N–H and O–H groups in total. The van der Waals surface area contributed by atoms with Gasteiger partial charge in [0.2, 0.25) is 0 Å². The van der Waals surface area contributed by atoms with E-state index < -0.39 is 67.2 Å². The van der Waals surface area contributed by atoms with Crippen molar-refractivity contribution < 1.29 is 44.3 Å². The molecule has 5 rings (SSSR count). The predicted octanol–water partition coefficient (Wildman–Crippen LogP) is 7.48. The molecule has 0 spiro atoms. The van der Waals surface area contributed by atoms with Crippen LogP contribution < -0.4 is 15.5 Å². The number of fused-ring (bicyclic) bond motifs is 1. The average Bonchev–Trinajstić information content (AvgIpc) is 3.43. The van der Waals surface area contributed by atoms with Crippen LogP contribution in [0.15, 0.2) is 42.5 Å². The second-order valence-corrected chi connectivity index (χ2v) is 13.1. The molecule has 2 aliphatic rings. The molecular weight excluding hydrogens is 681 g/mol. The summed E-state index contributed by atoms with van der Waals surface area (Å²) in [5.74, 6) is -5.46. The van der Waals surface area contributed by atoms with Gasteiger partial charge in [0.25, 0.3) is 5.95 Å². The molecule has 3 atom stereocenters. The number of aryl methyl sites for hydroxylation is 1. The third-order valence-electron chi connectivity index (χ3n) is 9.49. The highest BCUT2D eigenvalue weighted by atomic mass is 19.4. The van der Waals surface area contributed by atoms with E-state index >= 15 is 0 Å². The van der Waals surface area contributed by atoms with E-state index in [1.165, 1.54) is 22.7 Å². The fourth-order valence-corrected chi connectivity index (χ4v) is 7.12. The Kier molecular flexibility index (Phi) is 11.5. The second-order valence-electron chi connectivity index (χ2n) is 13.1. The number of ether oxygens (including phenoxy) is 1. The van der Waals surface area contributed by atoms with Crippen molar-refractivity contribution in [3.63, 3.8) is 0 Å². The first-order chi connectivity index (χ1) is 23.5. The Balaban J connectivity index is 1.52. The third kappa shape index (κ3) is 9.19. The van der Waals surface area contributed by atoms with E-state index in [0.29, 0.717) is 31.6 Å². The van der Waals surface area contributed by atoms with Crippen LogP contribution in [-0.4, -0.2) is 65.3 Å². The van der Waals surface area contributed by atoms with Gasteiger partial charge in [0.15, 0.2) is 0 Å². The molecule has 0 saturated heterocycles. The zero-order valence-corrected chi connectivity index (χ0v) is 27.4. The van der Waals surface area contributed by atoms with Crippen molar-refractivity contribution in [1.29, 1.82) is 0 Å². The Morgan fingerprint density at radius 3 is 2.22 bits per heavy atom. The monoisotopic (exact) mass is 721 g/mol. The number of alkyl halides is 9. The van der Waals surface area contributed by atoms with E-state index in [0.717, 1.165) is 11.6 Å². The molecule has 1 aliphatic carbocycles. The van der Waals surface area contributed by atoms with Gasteiger partial charge in [-0.1, -0.05) is 41.5 Å². The first-order valence-electron chi connectivity index (χ1n) is 16.5. The lowest BCUT2D eigenvalue weighted by Crippen LogP contribution is -2.43. The van der Waals surface area contributed by atoms with Crippen LogP contribution in [0.4, 0.5) is 51.1 Å². The Labute approximate surface area is 283 Å². The van der Waals surface area contributed by atoms with Crippen molar-refractivity contribution in [3.8, 4) is 0 Å². The largest absolute Gasteiger partial charge is 0.416 e. The van der Waals surface area contributed by atoms with Crippen molar-refractivity contribution in [2.45, 2.75) is 76.8 Å². The molecule has 1 saturated carbocycles. The SMILES string of the molecule is Cc1cc2c(cc1C(F)(F)F)N(CCOCc1ccccc1)CCC[C@@H]2N(CC1CC(C(F)(F)F)CC(C(F)(F)F)C1)c1nnn(CCN)n1. The number of nitrogens with two attached hydrogens (primary N) is 1. The number of benzene rings is 2. The van der Waals surface area contributed by atoms with E-state index in [2.05, 4.69) is 15.4 Å². The lowest BCUT2D eigenvalue weighted by atomic mass is 9.74. The van der Waals surface area contributed by atoms with Crippen molar-refractivity contribution in [1.82, 2.24) is 20.2 Å². The summed E-state index contributed by atoms with van der Waals surface area (Å²) in [6.07, 6.45) is -15.7. The van der Waals surface area contributed by atoms with Crippen LogP contribution in [0.1, 0.15) is 60.4 Å². The van der Waals surface area contributed by atoms with Crippen LogP contribution in [0.5, 0.6) is 0 Å². The number of hydrogen-bond acceptors (Lipinski definition) is 7. The lowest BCUT2D eigenvalue weighted by molar-refractivity contribution is -0.228. The number of aromatic nitrogens is 4. The topological polar surface area (TPSA) is 85.3 Å². The van der Waals surface area contributed by atoms with Crippen molar-refractivity contribution in [3.05, 3.63) is 64.7 Å². The maximum atomic E-state index is 14.2. The standard InChI is InChI=1S/C33H40F9N7O/c1-21-14-26-28(8-5-10-47(29(26)18-27(21)33(40,41)42)12-13-50-20-22-6-3-2-4-7-22)48(30-44-46-49(45-30)11-9-43)19-23-15-24(31(34,35)36)17-25(16-23)32(37,38)39/h2-4,6-7,14,18,23-25,28H,5,8-13,15-17,19-20,43H2,1H3/t23?,24?,25?,28-/m0/s1. The number of tetrazole rings is 1. The molecule has 0 amide bonds. The van der Waals surface area contributed by atoms with Crippen LogP contribution in [-0.2, 0) is 24.1 Å². The first kappa shape index (κ1) is 37.7. The maximum Gasteiger partial charge on any atom is 0.416 e. The molecule has 1 aliphatic heterocycles. The summed E-state index contributed by atoms with van der Waals surface area (Å²) >= 11 is 0. The number of hydrogen-bond donors (Lipinski definition) is 1. The minimum Gasteiger partial charge on any atom is -0.375 e. The summed E-state index contributed by atoms with van der Waals surface area (Å²) < 4.78 is 132. The van der Waals surface area contributed by atoms with Crippen LogP contribution in [0.2, 0.25) is 0 Å². The summed E-state index contributed by atoms with van der Waals surface area (Å²) in [5.41, 5.74) is 6.32. The summed E-state index contributed by atoms with van der Waals surface area (Å²) in [6.45, 7) is 2.35. The summed E-state index contributed by atoms with van der Waals surface area (Å²) in [5, 5.41) is 12.4. The Hall–Kier alpha value is -3.60. The van der Waals surface area contributed by atoms with Gasteiger partial charge in [0.1, 0.15) is 0 Å². The molecule has 276 valence electrons. The molecule has 2 aromatic carbocycles. The molecule has 1 aromatic heterocycles. The Morgan fingerprint density at radius 2 is 1.60 bits per heavy atom. The van der Waals surface area contributed by atoms with Gasteiger partial charge in [0.05, 0.1) is 43.2 Å². The van der Waals surface area contributed by atoms with Gasteiger partial charge in [-0.3, -0.25) is 0 Å². The van der Waals surface area contributed by atoms with Crippen LogP contribution >= 0.6 is 0 Å². The normalized spacial score (nSPS) is 21.9. The number of nitrogens with zero attached hydrogens (tertiary/aromatic N) is 6. The molecular formula is C33H40F9N7O. The van der Waals surface area contributed by atoms with Crippen LogP contribution in [0, 0.1) is 24.7 Å². The zero-order chi connectivity index (χ0) is 36.3. The summed E-state index contributed by atoms with van der Waals surface area (Å²) in [7, 11) is 0. The fraction of sp³-hybridized carbons (Fsp3) is 0.606. The molecule has 2 unspecified atom stereocenters. The number of anilines is 2. The molecule has 17 heteroatoms. The van der Waals surface area contributed by atoms with Crippen LogP contribution in [0.3, 0.4) is 0 Å². The highest BCUT2D eigenvalue weighted by molar-refractivity contribution is 5.62. The van der Waals surface area contributed by atoms with Gasteiger partial charge in [0, 0.05) is 31.9 Å². The third-order valence-corrected chi connectivity index (χ3v) is 9.49. The van der Waals surface area contributed by atoms with Gasteiger partial charge >= 0.3 is 18.5 Å². The zero-order valence-electron chi connectivity index (χ0n) is 27.4. The molecule has 50 heavy (non-hydrogen) atoms. The van der Waals surface area contributed by atoms with Crippen molar-refractivity contribution in [2.75, 3.05) is 42.6 Å². The van der Waals surface area contributed by atoms with E-state index in [1.54, 1.807) is 4.90 Å². The summed E-state index contributed by atoms with van der Waals surface area (Å²) in [4.78, 5) is 4.48. The Bertz CT molecular complexity index is 1520. The van der Waals surface area contributed by atoms with Gasteiger partial charge in [-0.15, -0.1) is 5.10 Å². The van der Waals surface area contributed by atoms with E-state index in [-0.39, 0.29) is 50.0 Å². The summed E-state index contributed by atoms with van der Waals surface area (Å²) in [6, 6.07) is 11.0. The minimum absolute atomic E-state index is 0.0516. The molecule has 2 heterocycles. The maximum absolute atomic E-state index is 14.2. The highest BCUT2D eigenvalue weighted by Crippen LogP contribution is 2.49. The number of rotatable bonds is 11. The quantitative estimate of drug-likeness (QED) is 0.162. The molecule has 3 aromatic rings.